The molecule has 0 fully saturated rings. The predicted octanol–water partition coefficient (Wildman–Crippen LogP) is 2.01. The first-order chi connectivity index (χ1) is 10.6. The van der Waals surface area contributed by atoms with Gasteiger partial charge in [0, 0.05) is 31.6 Å². The Balaban J connectivity index is 2.39. The van der Waals surface area contributed by atoms with Gasteiger partial charge in [0.1, 0.15) is 13.4 Å². The molecule has 1 aromatic carbocycles. The lowest BCUT2D eigenvalue weighted by Gasteiger charge is -2.20. The largest absolute Gasteiger partial charge is 0.444 e. The lowest BCUT2D eigenvalue weighted by Crippen LogP contribution is -2.35. The molecule has 7 heteroatoms. The second-order valence-corrected chi connectivity index (χ2v) is 6.69. The zero-order chi connectivity index (χ0) is 17.6. The van der Waals surface area contributed by atoms with Crippen molar-refractivity contribution in [2.75, 3.05) is 13.6 Å². The SMILES string of the molecule is [B]c1ccc(CN(C)C(=O)CCNC(=O)OC(C)(C)C)cc1Cl. The predicted molar refractivity (Wildman–Crippen MR) is 92.2 cm³/mol. The van der Waals surface area contributed by atoms with Gasteiger partial charge >= 0.3 is 6.09 Å². The van der Waals surface area contributed by atoms with Crippen molar-refractivity contribution in [2.45, 2.75) is 39.3 Å². The van der Waals surface area contributed by atoms with Crippen LogP contribution < -0.4 is 10.8 Å². The number of carbonyl (C=O) groups excluding carboxylic acids is 2. The molecule has 0 aliphatic rings. The Labute approximate surface area is 143 Å². The van der Waals surface area contributed by atoms with Crippen LogP contribution in [0.25, 0.3) is 0 Å². The number of halogens is 1. The van der Waals surface area contributed by atoms with Crippen LogP contribution in [0.4, 0.5) is 4.79 Å². The van der Waals surface area contributed by atoms with E-state index in [1.165, 1.54) is 0 Å². The second-order valence-electron chi connectivity index (χ2n) is 6.28. The van der Waals surface area contributed by atoms with Crippen LogP contribution in [0.15, 0.2) is 18.2 Å². The van der Waals surface area contributed by atoms with Gasteiger partial charge < -0.3 is 15.0 Å². The normalized spacial score (nSPS) is 11.0. The highest BCUT2D eigenvalue weighted by Crippen LogP contribution is 2.10. The molecular weight excluding hydrogens is 314 g/mol. The minimum absolute atomic E-state index is 0.0889. The van der Waals surface area contributed by atoms with E-state index in [2.05, 4.69) is 5.32 Å². The first-order valence-corrected chi connectivity index (χ1v) is 7.71. The number of hydrogen-bond donors (Lipinski definition) is 1. The first-order valence-electron chi connectivity index (χ1n) is 7.33. The number of carbonyl (C=O) groups is 2. The smallest absolute Gasteiger partial charge is 0.407 e. The fourth-order valence-corrected chi connectivity index (χ4v) is 2.01. The van der Waals surface area contributed by atoms with Gasteiger partial charge in [0.15, 0.2) is 0 Å². The van der Waals surface area contributed by atoms with Crippen molar-refractivity contribution in [3.63, 3.8) is 0 Å². The Morgan fingerprint density at radius 2 is 2.00 bits per heavy atom. The highest BCUT2D eigenvalue weighted by Gasteiger charge is 2.16. The minimum Gasteiger partial charge on any atom is -0.444 e. The number of alkyl carbamates (subject to hydrolysis) is 1. The van der Waals surface area contributed by atoms with Crippen LogP contribution >= 0.6 is 11.6 Å². The monoisotopic (exact) mass is 336 g/mol. The molecule has 1 N–H and O–H groups in total. The average Bonchev–Trinajstić information content (AvgIpc) is 2.40. The molecule has 1 aromatic rings. The summed E-state index contributed by atoms with van der Waals surface area (Å²) in [5.74, 6) is -0.0889. The molecule has 0 unspecified atom stereocenters. The third-order valence-corrected chi connectivity index (χ3v) is 3.24. The minimum atomic E-state index is -0.556. The maximum absolute atomic E-state index is 12.0. The third kappa shape index (κ3) is 7.42. The van der Waals surface area contributed by atoms with Crippen LogP contribution in [0.2, 0.25) is 5.02 Å². The standard InChI is InChI=1S/C16H22BClN2O3/c1-16(2,3)23-15(22)19-8-7-14(21)20(4)10-11-5-6-12(17)13(18)9-11/h5-6,9H,7-8,10H2,1-4H3,(H,19,22). The summed E-state index contributed by atoms with van der Waals surface area (Å²) in [6.07, 6.45) is -0.336. The van der Waals surface area contributed by atoms with Gasteiger partial charge in [0.2, 0.25) is 5.91 Å². The molecule has 0 aromatic heterocycles. The van der Waals surface area contributed by atoms with Gasteiger partial charge in [-0.1, -0.05) is 29.2 Å². The quantitative estimate of drug-likeness (QED) is 0.837. The number of benzene rings is 1. The number of nitrogens with zero attached hydrogens (tertiary/aromatic N) is 1. The van der Waals surface area contributed by atoms with Crippen molar-refractivity contribution < 1.29 is 14.3 Å². The van der Waals surface area contributed by atoms with Crippen molar-refractivity contribution in [3.8, 4) is 0 Å². The van der Waals surface area contributed by atoms with E-state index in [9.17, 15) is 9.59 Å². The Morgan fingerprint density at radius 1 is 1.35 bits per heavy atom. The topological polar surface area (TPSA) is 58.6 Å². The van der Waals surface area contributed by atoms with E-state index in [0.717, 1.165) is 5.56 Å². The fourth-order valence-electron chi connectivity index (χ4n) is 1.81. The maximum atomic E-state index is 12.0. The summed E-state index contributed by atoms with van der Waals surface area (Å²) in [6.45, 7) is 5.99. The molecule has 0 atom stereocenters. The van der Waals surface area contributed by atoms with Crippen molar-refractivity contribution in [3.05, 3.63) is 28.8 Å². The molecule has 124 valence electrons. The summed E-state index contributed by atoms with van der Waals surface area (Å²) < 4.78 is 5.10. The molecule has 0 spiro atoms. The molecule has 0 aliphatic carbocycles. The highest BCUT2D eigenvalue weighted by molar-refractivity contribution is 6.45. The van der Waals surface area contributed by atoms with Gasteiger partial charge in [-0.25, -0.2) is 4.79 Å². The molecule has 1 rings (SSSR count). The van der Waals surface area contributed by atoms with Crippen LogP contribution in [0, 0.1) is 0 Å². The summed E-state index contributed by atoms with van der Waals surface area (Å²) >= 11 is 5.96. The summed E-state index contributed by atoms with van der Waals surface area (Å²) in [5, 5.41) is 3.03. The van der Waals surface area contributed by atoms with Crippen molar-refractivity contribution in [1.82, 2.24) is 10.2 Å². The second kappa shape index (κ2) is 8.25. The van der Waals surface area contributed by atoms with E-state index in [-0.39, 0.29) is 18.9 Å². The zero-order valence-corrected chi connectivity index (χ0v) is 14.7. The molecule has 0 bridgehead atoms. The van der Waals surface area contributed by atoms with Crippen LogP contribution in [-0.2, 0) is 16.1 Å². The maximum Gasteiger partial charge on any atom is 0.407 e. The molecule has 0 saturated heterocycles. The van der Waals surface area contributed by atoms with Crippen molar-refractivity contribution in [2.24, 2.45) is 0 Å². The van der Waals surface area contributed by atoms with E-state index in [0.29, 0.717) is 17.0 Å². The van der Waals surface area contributed by atoms with E-state index in [1.807, 2.05) is 6.07 Å². The van der Waals surface area contributed by atoms with Crippen LogP contribution in [0.3, 0.4) is 0 Å². The van der Waals surface area contributed by atoms with Crippen LogP contribution in [0.1, 0.15) is 32.8 Å². The Kier molecular flexibility index (Phi) is 6.94. The molecular formula is C16H22BClN2O3. The van der Waals surface area contributed by atoms with Crippen molar-refractivity contribution >= 4 is 36.9 Å². The van der Waals surface area contributed by atoms with Crippen molar-refractivity contribution in [1.29, 1.82) is 0 Å². The fraction of sp³-hybridized carbons (Fsp3) is 0.500. The van der Waals surface area contributed by atoms with Gasteiger partial charge in [0.05, 0.1) is 0 Å². The number of nitrogens with one attached hydrogen (secondary N) is 1. The van der Waals surface area contributed by atoms with E-state index in [1.54, 1.807) is 44.9 Å². The van der Waals surface area contributed by atoms with Gasteiger partial charge in [-0.05, 0) is 32.4 Å². The summed E-state index contributed by atoms with van der Waals surface area (Å²) in [4.78, 5) is 25.1. The number of amides is 2. The average molecular weight is 337 g/mol. The number of hydrogen-bond acceptors (Lipinski definition) is 3. The Morgan fingerprint density at radius 3 is 2.57 bits per heavy atom. The van der Waals surface area contributed by atoms with Gasteiger partial charge in [0.25, 0.3) is 0 Å². The zero-order valence-electron chi connectivity index (χ0n) is 14.0. The molecule has 0 aliphatic heterocycles. The number of ether oxygens (including phenoxy) is 1. The van der Waals surface area contributed by atoms with Crippen LogP contribution in [-0.4, -0.2) is 43.9 Å². The van der Waals surface area contributed by atoms with E-state index < -0.39 is 11.7 Å². The first kappa shape index (κ1) is 19.4. The van der Waals surface area contributed by atoms with Gasteiger partial charge in [-0.2, -0.15) is 0 Å². The third-order valence-electron chi connectivity index (χ3n) is 2.92. The molecule has 0 heterocycles. The van der Waals surface area contributed by atoms with E-state index >= 15 is 0 Å². The molecule has 5 nitrogen and oxygen atoms in total. The Hall–Kier alpha value is -1.69. The summed E-state index contributed by atoms with van der Waals surface area (Å²) in [5.41, 5.74) is 0.838. The van der Waals surface area contributed by atoms with Crippen LogP contribution in [0.5, 0.6) is 0 Å². The summed E-state index contributed by atoms with van der Waals surface area (Å²) in [7, 11) is 7.35. The number of rotatable bonds is 5. The molecule has 0 saturated carbocycles. The Bertz CT molecular complexity index is 573. The molecule has 23 heavy (non-hydrogen) atoms. The van der Waals surface area contributed by atoms with Gasteiger partial charge in [-0.3, -0.25) is 4.79 Å². The lowest BCUT2D eigenvalue weighted by atomic mass is 9.95. The summed E-state index contributed by atoms with van der Waals surface area (Å²) in [6, 6.07) is 5.27. The lowest BCUT2D eigenvalue weighted by molar-refractivity contribution is -0.130. The van der Waals surface area contributed by atoms with E-state index in [4.69, 9.17) is 24.2 Å². The highest BCUT2D eigenvalue weighted by atomic mass is 35.5. The molecule has 2 amide bonds. The van der Waals surface area contributed by atoms with Gasteiger partial charge in [-0.15, -0.1) is 0 Å². The molecule has 2 radical (unpaired) electrons.